The summed E-state index contributed by atoms with van der Waals surface area (Å²) in [7, 11) is 0. The normalized spacial score (nSPS) is 11.5. The van der Waals surface area contributed by atoms with Crippen LogP contribution in [0.4, 0.5) is 5.69 Å². The van der Waals surface area contributed by atoms with Crippen LogP contribution in [0.5, 0.6) is 11.5 Å². The molecule has 0 fully saturated rings. The van der Waals surface area contributed by atoms with E-state index in [9.17, 15) is 19.5 Å². The van der Waals surface area contributed by atoms with E-state index in [4.69, 9.17) is 16.3 Å². The number of ether oxygens (including phenoxy) is 1. The van der Waals surface area contributed by atoms with Crippen LogP contribution in [0, 0.1) is 0 Å². The van der Waals surface area contributed by atoms with Gasteiger partial charge in [-0.2, -0.15) is 0 Å². The van der Waals surface area contributed by atoms with E-state index in [2.05, 4.69) is 26.6 Å². The van der Waals surface area contributed by atoms with Crippen molar-refractivity contribution >= 4 is 72.4 Å². The van der Waals surface area contributed by atoms with Gasteiger partial charge in [-0.25, -0.2) is 0 Å². The topological polar surface area (TPSA) is 105 Å². The van der Waals surface area contributed by atoms with Gasteiger partial charge < -0.3 is 20.5 Å². The third-order valence-electron chi connectivity index (χ3n) is 7.36. The SMILES string of the molecule is O=C(O)CC(NC(=O)c1cc(Br)ccc1NC(=O)c1sc2ccccc2c1Cl)c1ccc(-c2ccccc2)c(Oc2ccccc2)c1. The Morgan fingerprint density at radius 2 is 1.53 bits per heavy atom. The molecule has 0 radical (unpaired) electrons. The minimum absolute atomic E-state index is 0.141. The van der Waals surface area contributed by atoms with Gasteiger partial charge >= 0.3 is 5.97 Å². The third kappa shape index (κ3) is 7.38. The smallest absolute Gasteiger partial charge is 0.305 e. The average molecular weight is 726 g/mol. The molecule has 5 aromatic carbocycles. The van der Waals surface area contributed by atoms with E-state index in [1.54, 1.807) is 30.3 Å². The quantitative estimate of drug-likeness (QED) is 0.130. The summed E-state index contributed by atoms with van der Waals surface area (Å²) in [6, 6.07) is 35.7. The van der Waals surface area contributed by atoms with Crippen molar-refractivity contribution in [2.45, 2.75) is 12.5 Å². The summed E-state index contributed by atoms with van der Waals surface area (Å²) in [5, 5.41) is 16.6. The van der Waals surface area contributed by atoms with Crippen LogP contribution in [-0.2, 0) is 4.79 Å². The molecule has 1 unspecified atom stereocenters. The molecule has 234 valence electrons. The molecule has 3 N–H and O–H groups in total. The molecule has 0 aliphatic rings. The predicted octanol–water partition coefficient (Wildman–Crippen LogP) is 9.97. The highest BCUT2D eigenvalue weighted by Crippen LogP contribution is 2.38. The summed E-state index contributed by atoms with van der Waals surface area (Å²) in [6.45, 7) is 0. The molecule has 1 heterocycles. The number of hydrogen-bond donors (Lipinski definition) is 3. The number of thiophene rings is 1. The van der Waals surface area contributed by atoms with E-state index in [1.165, 1.54) is 11.3 Å². The number of halogens is 2. The number of hydrogen-bond acceptors (Lipinski definition) is 5. The second kappa shape index (κ2) is 14.2. The monoisotopic (exact) mass is 724 g/mol. The van der Waals surface area contributed by atoms with Gasteiger partial charge in [-0.1, -0.05) is 106 Å². The van der Waals surface area contributed by atoms with Gasteiger partial charge in [0.2, 0.25) is 0 Å². The first-order chi connectivity index (χ1) is 22.8. The fraction of sp³-hybridized carbons (Fsp3) is 0.0541. The van der Waals surface area contributed by atoms with Crippen molar-refractivity contribution in [2.24, 2.45) is 0 Å². The number of anilines is 1. The minimum atomic E-state index is -1.10. The second-order valence-corrected chi connectivity index (χ2v) is 12.9. The molecule has 6 rings (SSSR count). The number of nitrogens with one attached hydrogen (secondary N) is 2. The first-order valence-corrected chi connectivity index (χ1v) is 16.5. The van der Waals surface area contributed by atoms with Crippen molar-refractivity contribution in [1.29, 1.82) is 0 Å². The molecule has 6 aromatic rings. The fourth-order valence-electron chi connectivity index (χ4n) is 5.13. The van der Waals surface area contributed by atoms with Gasteiger partial charge in [0.15, 0.2) is 0 Å². The molecule has 1 atom stereocenters. The molecular weight excluding hydrogens is 700 g/mol. The maximum absolute atomic E-state index is 13.8. The van der Waals surface area contributed by atoms with Crippen molar-refractivity contribution in [1.82, 2.24) is 5.32 Å². The Morgan fingerprint density at radius 3 is 2.26 bits per heavy atom. The number of carboxylic acids is 1. The highest BCUT2D eigenvalue weighted by molar-refractivity contribution is 9.10. The maximum Gasteiger partial charge on any atom is 0.305 e. The molecule has 2 amide bonds. The molecule has 0 aliphatic carbocycles. The molecule has 0 spiro atoms. The zero-order valence-electron chi connectivity index (χ0n) is 24.6. The van der Waals surface area contributed by atoms with E-state index in [1.807, 2.05) is 91.0 Å². The lowest BCUT2D eigenvalue weighted by atomic mass is 9.97. The van der Waals surface area contributed by atoms with E-state index >= 15 is 0 Å². The predicted molar refractivity (Wildman–Crippen MR) is 190 cm³/mol. The van der Waals surface area contributed by atoms with Gasteiger partial charge in [-0.05, 0) is 53.6 Å². The Kier molecular flexibility index (Phi) is 9.68. The van der Waals surface area contributed by atoms with E-state index in [0.717, 1.165) is 21.2 Å². The molecule has 1 aromatic heterocycles. The van der Waals surface area contributed by atoms with Crippen molar-refractivity contribution in [3.63, 3.8) is 0 Å². The Bertz CT molecular complexity index is 2100. The van der Waals surface area contributed by atoms with Crippen LogP contribution in [0.1, 0.15) is 38.1 Å². The average Bonchev–Trinajstić information content (AvgIpc) is 3.42. The number of fused-ring (bicyclic) bond motifs is 1. The van der Waals surface area contributed by atoms with Crippen LogP contribution in [-0.4, -0.2) is 22.9 Å². The summed E-state index contributed by atoms with van der Waals surface area (Å²) in [4.78, 5) is 39.6. The van der Waals surface area contributed by atoms with Crippen LogP contribution in [0.3, 0.4) is 0 Å². The Morgan fingerprint density at radius 1 is 0.830 bits per heavy atom. The van der Waals surface area contributed by atoms with Crippen molar-refractivity contribution < 1.29 is 24.2 Å². The molecule has 10 heteroatoms. The van der Waals surface area contributed by atoms with Gasteiger partial charge in [0.25, 0.3) is 11.8 Å². The number of rotatable bonds is 10. The third-order valence-corrected chi connectivity index (χ3v) is 9.53. The minimum Gasteiger partial charge on any atom is -0.481 e. The number of carbonyl (C=O) groups is 3. The fourth-order valence-corrected chi connectivity index (χ4v) is 6.90. The summed E-state index contributed by atoms with van der Waals surface area (Å²) in [5.41, 5.74) is 2.63. The summed E-state index contributed by atoms with van der Waals surface area (Å²) in [6.07, 6.45) is -0.395. The molecule has 47 heavy (non-hydrogen) atoms. The summed E-state index contributed by atoms with van der Waals surface area (Å²) in [5.74, 6) is -1.04. The van der Waals surface area contributed by atoms with Crippen molar-refractivity contribution in [2.75, 3.05) is 5.32 Å². The molecule has 0 aliphatic heterocycles. The van der Waals surface area contributed by atoms with Crippen LogP contribution < -0.4 is 15.4 Å². The molecule has 7 nitrogen and oxygen atoms in total. The second-order valence-electron chi connectivity index (χ2n) is 10.5. The Balaban J connectivity index is 1.32. The number of aliphatic carboxylic acids is 1. The van der Waals surface area contributed by atoms with Gasteiger partial charge in [-0.3, -0.25) is 14.4 Å². The van der Waals surface area contributed by atoms with Crippen LogP contribution in [0.15, 0.2) is 126 Å². The lowest BCUT2D eigenvalue weighted by molar-refractivity contribution is -0.137. The van der Waals surface area contributed by atoms with Crippen LogP contribution in [0.2, 0.25) is 5.02 Å². The molecule has 0 saturated carbocycles. The van der Waals surface area contributed by atoms with Gasteiger partial charge in [-0.15, -0.1) is 11.3 Å². The first kappa shape index (κ1) is 32.0. The first-order valence-electron chi connectivity index (χ1n) is 14.5. The highest BCUT2D eigenvalue weighted by Gasteiger charge is 2.24. The molecule has 0 saturated heterocycles. The number of amides is 2. The van der Waals surface area contributed by atoms with Crippen molar-refractivity contribution in [3.8, 4) is 22.6 Å². The van der Waals surface area contributed by atoms with Gasteiger partial charge in [0.05, 0.1) is 28.7 Å². The largest absolute Gasteiger partial charge is 0.481 e. The highest BCUT2D eigenvalue weighted by atomic mass is 79.9. The zero-order chi connectivity index (χ0) is 32.9. The van der Waals surface area contributed by atoms with E-state index in [-0.39, 0.29) is 11.3 Å². The number of para-hydroxylation sites is 1. The molecule has 0 bridgehead atoms. The summed E-state index contributed by atoms with van der Waals surface area (Å²) >= 11 is 11.2. The number of benzene rings is 5. The zero-order valence-corrected chi connectivity index (χ0v) is 27.7. The lowest BCUT2D eigenvalue weighted by Gasteiger charge is -2.21. The van der Waals surface area contributed by atoms with E-state index in [0.29, 0.717) is 31.4 Å². The molecular formula is C37H26BrClN2O5S. The maximum atomic E-state index is 13.8. The Labute approximate surface area is 287 Å². The van der Waals surface area contributed by atoms with Gasteiger partial charge in [0, 0.05) is 20.1 Å². The van der Waals surface area contributed by atoms with Crippen molar-refractivity contribution in [3.05, 3.63) is 147 Å². The van der Waals surface area contributed by atoms with E-state index < -0.39 is 30.2 Å². The Hall–Kier alpha value is -4.96. The van der Waals surface area contributed by atoms with Crippen LogP contribution >= 0.6 is 38.9 Å². The van der Waals surface area contributed by atoms with Gasteiger partial charge in [0.1, 0.15) is 16.4 Å². The summed E-state index contributed by atoms with van der Waals surface area (Å²) < 4.78 is 7.74. The number of carboxylic acid groups (broad SMARTS) is 1. The van der Waals surface area contributed by atoms with Crippen LogP contribution in [0.25, 0.3) is 21.2 Å². The number of carbonyl (C=O) groups excluding carboxylic acids is 2. The lowest BCUT2D eigenvalue weighted by Crippen LogP contribution is -2.31. The standard InChI is InChI=1S/C37H26BrClN2O5S/c38-24-16-18-29(40-37(45)35-34(39)27-13-7-8-14-32(27)47-35)28(20-24)36(44)41-30(21-33(42)43)23-15-17-26(22-9-3-1-4-10-22)31(19-23)46-25-11-5-2-6-12-25/h1-20,30H,21H2,(H,40,45)(H,41,44)(H,42,43).